The highest BCUT2D eigenvalue weighted by Gasteiger charge is 2.07. The zero-order valence-corrected chi connectivity index (χ0v) is 19.5. The van der Waals surface area contributed by atoms with E-state index in [4.69, 9.17) is 4.42 Å². The summed E-state index contributed by atoms with van der Waals surface area (Å²) in [6, 6.07) is 21.8. The zero-order chi connectivity index (χ0) is 21.5. The van der Waals surface area contributed by atoms with Crippen LogP contribution in [0.2, 0.25) is 0 Å². The van der Waals surface area contributed by atoms with Crippen LogP contribution in [0, 0.1) is 0 Å². The molecule has 0 aliphatic heterocycles. The van der Waals surface area contributed by atoms with Crippen LogP contribution in [0.25, 0.3) is 10.9 Å². The average Bonchev–Trinajstić information content (AvgIpc) is 3.23. The molecule has 1 N–H and O–H groups in total. The number of carbonyl (C=O) groups is 1. The van der Waals surface area contributed by atoms with E-state index in [0.29, 0.717) is 11.5 Å². The Labute approximate surface area is 196 Å². The van der Waals surface area contributed by atoms with Crippen molar-refractivity contribution in [1.29, 1.82) is 0 Å². The van der Waals surface area contributed by atoms with Gasteiger partial charge in [-0.3, -0.25) is 9.78 Å². The molecule has 0 saturated heterocycles. The Hall–Kier alpha value is -2.55. The van der Waals surface area contributed by atoms with E-state index in [1.54, 1.807) is 6.20 Å². The SMILES string of the molecule is O=C(CSCc1ccc(Br)cc1)NN=Cc1ccc(Sc2cccc3cccnc23)o1. The highest BCUT2D eigenvalue weighted by Crippen LogP contribution is 2.33. The Kier molecular flexibility index (Phi) is 7.45. The minimum Gasteiger partial charge on any atom is -0.448 e. The molecular formula is C23H18BrN3O2S2. The molecule has 31 heavy (non-hydrogen) atoms. The molecule has 156 valence electrons. The van der Waals surface area contributed by atoms with Gasteiger partial charge in [0.2, 0.25) is 5.91 Å². The summed E-state index contributed by atoms with van der Waals surface area (Å²) in [5.41, 5.74) is 4.65. The second kappa shape index (κ2) is 10.7. The van der Waals surface area contributed by atoms with Crippen molar-refractivity contribution in [3.8, 4) is 0 Å². The summed E-state index contributed by atoms with van der Waals surface area (Å²) in [7, 11) is 0. The van der Waals surface area contributed by atoms with Crippen molar-refractivity contribution in [2.24, 2.45) is 5.10 Å². The lowest BCUT2D eigenvalue weighted by Gasteiger charge is -2.03. The molecule has 4 rings (SSSR count). The van der Waals surface area contributed by atoms with Crippen molar-refractivity contribution in [2.75, 3.05) is 5.75 Å². The van der Waals surface area contributed by atoms with E-state index in [1.165, 1.54) is 35.3 Å². The molecule has 1 amide bonds. The highest BCUT2D eigenvalue weighted by molar-refractivity contribution is 9.10. The first-order valence-corrected chi connectivity index (χ1v) is 12.2. The molecule has 0 fully saturated rings. The van der Waals surface area contributed by atoms with Gasteiger partial charge in [0.05, 0.1) is 17.5 Å². The van der Waals surface area contributed by atoms with Crippen LogP contribution in [-0.4, -0.2) is 22.9 Å². The number of benzene rings is 2. The lowest BCUT2D eigenvalue weighted by Crippen LogP contribution is -2.19. The number of pyridine rings is 1. The number of thioether (sulfide) groups is 1. The molecular weight excluding hydrogens is 494 g/mol. The molecule has 0 spiro atoms. The molecule has 0 bridgehead atoms. The van der Waals surface area contributed by atoms with Gasteiger partial charge in [0.1, 0.15) is 5.76 Å². The number of hydrogen-bond acceptors (Lipinski definition) is 6. The number of nitrogens with zero attached hydrogens (tertiary/aromatic N) is 2. The van der Waals surface area contributed by atoms with Crippen LogP contribution < -0.4 is 5.43 Å². The van der Waals surface area contributed by atoms with Crippen molar-refractivity contribution in [3.63, 3.8) is 0 Å². The van der Waals surface area contributed by atoms with Crippen LogP contribution in [-0.2, 0) is 10.5 Å². The number of rotatable bonds is 8. The Morgan fingerprint density at radius 2 is 1.94 bits per heavy atom. The molecule has 5 nitrogen and oxygen atoms in total. The van der Waals surface area contributed by atoms with Crippen molar-refractivity contribution in [2.45, 2.75) is 15.7 Å². The third-order valence-electron chi connectivity index (χ3n) is 4.20. The number of para-hydroxylation sites is 1. The zero-order valence-electron chi connectivity index (χ0n) is 16.3. The smallest absolute Gasteiger partial charge is 0.250 e. The topological polar surface area (TPSA) is 67.5 Å². The molecule has 2 heterocycles. The van der Waals surface area contributed by atoms with Gasteiger partial charge < -0.3 is 4.42 Å². The fourth-order valence-corrected chi connectivity index (χ4v) is 4.72. The number of fused-ring (bicyclic) bond motifs is 1. The highest BCUT2D eigenvalue weighted by atomic mass is 79.9. The third kappa shape index (κ3) is 6.22. The molecule has 0 atom stereocenters. The number of amides is 1. The van der Waals surface area contributed by atoms with E-state index in [2.05, 4.69) is 31.4 Å². The van der Waals surface area contributed by atoms with E-state index < -0.39 is 0 Å². The molecule has 8 heteroatoms. The number of hydrazone groups is 1. The molecule has 2 aromatic heterocycles. The summed E-state index contributed by atoms with van der Waals surface area (Å²) in [5.74, 6) is 1.52. The lowest BCUT2D eigenvalue weighted by molar-refractivity contribution is -0.118. The summed E-state index contributed by atoms with van der Waals surface area (Å²) in [6.07, 6.45) is 3.29. The molecule has 0 unspecified atom stereocenters. The maximum absolute atomic E-state index is 12.0. The minimum atomic E-state index is -0.152. The van der Waals surface area contributed by atoms with Crippen LogP contribution in [0.15, 0.2) is 96.9 Å². The van der Waals surface area contributed by atoms with E-state index in [-0.39, 0.29) is 5.91 Å². The number of hydrogen-bond donors (Lipinski definition) is 1. The van der Waals surface area contributed by atoms with Crippen LogP contribution in [0.5, 0.6) is 0 Å². The van der Waals surface area contributed by atoms with Crippen molar-refractivity contribution in [1.82, 2.24) is 10.4 Å². The number of halogens is 1. The van der Waals surface area contributed by atoms with E-state index in [0.717, 1.165) is 31.1 Å². The first-order chi connectivity index (χ1) is 15.2. The van der Waals surface area contributed by atoms with Crippen molar-refractivity contribution >= 4 is 62.5 Å². The Balaban J connectivity index is 1.26. The summed E-state index contributed by atoms with van der Waals surface area (Å²) in [4.78, 5) is 17.4. The second-order valence-corrected chi connectivity index (χ2v) is 9.45. The summed E-state index contributed by atoms with van der Waals surface area (Å²) in [6.45, 7) is 0. The number of carbonyl (C=O) groups excluding carboxylic acids is 1. The van der Waals surface area contributed by atoms with Gasteiger partial charge in [-0.1, -0.05) is 46.3 Å². The van der Waals surface area contributed by atoms with Gasteiger partial charge in [0.25, 0.3) is 0 Å². The lowest BCUT2D eigenvalue weighted by atomic mass is 10.2. The fourth-order valence-electron chi connectivity index (χ4n) is 2.77. The van der Waals surface area contributed by atoms with Crippen molar-refractivity contribution in [3.05, 3.63) is 88.7 Å². The Bertz CT molecular complexity index is 1200. The van der Waals surface area contributed by atoms with Gasteiger partial charge in [-0.05, 0) is 53.7 Å². The quantitative estimate of drug-likeness (QED) is 0.227. The molecule has 0 saturated carbocycles. The molecule has 0 radical (unpaired) electrons. The molecule has 0 aliphatic carbocycles. The number of furan rings is 1. The maximum Gasteiger partial charge on any atom is 0.250 e. The molecule has 2 aromatic carbocycles. The van der Waals surface area contributed by atoms with E-state index >= 15 is 0 Å². The number of aromatic nitrogens is 1. The van der Waals surface area contributed by atoms with Gasteiger partial charge in [0, 0.05) is 26.7 Å². The molecule has 0 aliphatic rings. The average molecular weight is 512 g/mol. The minimum absolute atomic E-state index is 0.152. The van der Waals surface area contributed by atoms with E-state index in [9.17, 15) is 4.79 Å². The fraction of sp³-hybridized carbons (Fsp3) is 0.0870. The van der Waals surface area contributed by atoms with Crippen LogP contribution in [0.3, 0.4) is 0 Å². The Morgan fingerprint density at radius 3 is 2.81 bits per heavy atom. The largest absolute Gasteiger partial charge is 0.448 e. The summed E-state index contributed by atoms with van der Waals surface area (Å²) >= 11 is 6.46. The predicted molar refractivity (Wildman–Crippen MR) is 131 cm³/mol. The van der Waals surface area contributed by atoms with Crippen LogP contribution >= 0.6 is 39.5 Å². The predicted octanol–water partition coefficient (Wildman–Crippen LogP) is 6.13. The van der Waals surface area contributed by atoms with Gasteiger partial charge in [-0.2, -0.15) is 5.10 Å². The monoisotopic (exact) mass is 511 g/mol. The van der Waals surface area contributed by atoms with Crippen LogP contribution in [0.1, 0.15) is 11.3 Å². The van der Waals surface area contributed by atoms with Crippen LogP contribution in [0.4, 0.5) is 0 Å². The summed E-state index contributed by atoms with van der Waals surface area (Å²) in [5, 5.41) is 5.81. The van der Waals surface area contributed by atoms with Gasteiger partial charge in [0.15, 0.2) is 5.09 Å². The summed E-state index contributed by atoms with van der Waals surface area (Å²) < 4.78 is 6.84. The normalized spacial score (nSPS) is 11.3. The first-order valence-electron chi connectivity index (χ1n) is 9.43. The Morgan fingerprint density at radius 1 is 1.10 bits per heavy atom. The second-order valence-electron chi connectivity index (χ2n) is 6.50. The van der Waals surface area contributed by atoms with Crippen molar-refractivity contribution < 1.29 is 9.21 Å². The maximum atomic E-state index is 12.0. The number of nitrogens with one attached hydrogen (secondary N) is 1. The first kappa shape index (κ1) is 21.7. The third-order valence-corrected chi connectivity index (χ3v) is 6.71. The van der Waals surface area contributed by atoms with Gasteiger partial charge in [-0.15, -0.1) is 11.8 Å². The van der Waals surface area contributed by atoms with Gasteiger partial charge in [-0.25, -0.2) is 5.43 Å². The van der Waals surface area contributed by atoms with E-state index in [1.807, 2.05) is 66.7 Å². The standard InChI is InChI=1S/C23H18BrN3O2S2/c24-18-8-6-16(7-9-18)14-30-15-21(28)27-26-13-19-10-11-22(29-19)31-20-5-1-3-17-4-2-12-25-23(17)20/h1-13H,14-15H2,(H,27,28). The van der Waals surface area contributed by atoms with Gasteiger partial charge >= 0.3 is 0 Å². The molecule has 4 aromatic rings.